The Hall–Kier alpha value is -1.58. The Kier molecular flexibility index (Phi) is 2.84. The van der Waals surface area contributed by atoms with Crippen molar-refractivity contribution in [2.45, 2.75) is 12.8 Å². The van der Waals surface area contributed by atoms with E-state index in [-0.39, 0.29) is 17.7 Å². The number of hydrogen-bond acceptors (Lipinski definition) is 3. The molecular formula is C9H12N2O2. The van der Waals surface area contributed by atoms with Gasteiger partial charge in [-0.1, -0.05) is 12.7 Å². The number of hydrogen-bond donors (Lipinski definition) is 2. The van der Waals surface area contributed by atoms with Crippen LogP contribution >= 0.6 is 0 Å². The van der Waals surface area contributed by atoms with Crippen molar-refractivity contribution in [3.63, 3.8) is 0 Å². The largest absolute Gasteiger partial charge is 0.404 e. The highest BCUT2D eigenvalue weighted by Crippen LogP contribution is 2.20. The molecule has 1 rings (SSSR count). The van der Waals surface area contributed by atoms with E-state index in [1.807, 2.05) is 0 Å². The van der Waals surface area contributed by atoms with Crippen molar-refractivity contribution in [2.75, 3.05) is 0 Å². The fraction of sp³-hybridized carbons (Fsp3) is 0.333. The number of rotatable bonds is 2. The molecule has 1 aliphatic heterocycles. The van der Waals surface area contributed by atoms with Crippen LogP contribution in [-0.2, 0) is 9.59 Å². The van der Waals surface area contributed by atoms with Gasteiger partial charge in [-0.15, -0.1) is 0 Å². The third-order valence-corrected chi connectivity index (χ3v) is 2.07. The molecule has 1 atom stereocenters. The van der Waals surface area contributed by atoms with Gasteiger partial charge in [-0.05, 0) is 18.2 Å². The molecule has 1 aliphatic rings. The molecule has 0 saturated carbocycles. The molecular weight excluding hydrogens is 168 g/mol. The van der Waals surface area contributed by atoms with Crippen LogP contribution in [0.2, 0.25) is 0 Å². The number of imide groups is 1. The van der Waals surface area contributed by atoms with Gasteiger partial charge in [-0.2, -0.15) is 0 Å². The van der Waals surface area contributed by atoms with Gasteiger partial charge in [0.1, 0.15) is 0 Å². The molecule has 13 heavy (non-hydrogen) atoms. The van der Waals surface area contributed by atoms with E-state index in [9.17, 15) is 9.59 Å². The molecule has 0 aromatic heterocycles. The summed E-state index contributed by atoms with van der Waals surface area (Å²) in [5.74, 6) is -0.824. The lowest BCUT2D eigenvalue weighted by Gasteiger charge is -2.21. The summed E-state index contributed by atoms with van der Waals surface area (Å²) in [7, 11) is 0. The smallest absolute Gasteiger partial charge is 0.234 e. The van der Waals surface area contributed by atoms with Crippen LogP contribution in [0.1, 0.15) is 12.8 Å². The molecule has 70 valence electrons. The lowest BCUT2D eigenvalue weighted by Crippen LogP contribution is -2.41. The van der Waals surface area contributed by atoms with Crippen molar-refractivity contribution in [3.8, 4) is 0 Å². The van der Waals surface area contributed by atoms with Crippen LogP contribution in [0.25, 0.3) is 0 Å². The van der Waals surface area contributed by atoms with Gasteiger partial charge in [0.05, 0.1) is 5.92 Å². The quantitative estimate of drug-likeness (QED) is 0.466. The fourth-order valence-electron chi connectivity index (χ4n) is 1.34. The third kappa shape index (κ3) is 1.96. The summed E-state index contributed by atoms with van der Waals surface area (Å²) in [5, 5.41) is 2.26. The van der Waals surface area contributed by atoms with Crippen molar-refractivity contribution in [1.29, 1.82) is 0 Å². The van der Waals surface area contributed by atoms with Crippen molar-refractivity contribution in [1.82, 2.24) is 5.32 Å². The summed E-state index contributed by atoms with van der Waals surface area (Å²) in [4.78, 5) is 22.1. The zero-order valence-electron chi connectivity index (χ0n) is 7.25. The second-order valence-corrected chi connectivity index (χ2v) is 2.87. The number of nitrogens with one attached hydrogen (secondary N) is 1. The van der Waals surface area contributed by atoms with E-state index in [0.29, 0.717) is 18.4 Å². The lowest BCUT2D eigenvalue weighted by atomic mass is 9.91. The van der Waals surface area contributed by atoms with Crippen molar-refractivity contribution in [2.24, 2.45) is 11.7 Å². The number of nitrogens with two attached hydrogens (primary N) is 1. The van der Waals surface area contributed by atoms with Crippen LogP contribution in [0, 0.1) is 5.92 Å². The maximum absolute atomic E-state index is 11.3. The molecule has 1 heterocycles. The van der Waals surface area contributed by atoms with E-state index >= 15 is 0 Å². The number of carbonyl (C=O) groups is 2. The van der Waals surface area contributed by atoms with Gasteiger partial charge in [-0.3, -0.25) is 14.9 Å². The second kappa shape index (κ2) is 3.89. The maximum Gasteiger partial charge on any atom is 0.234 e. The molecule has 0 radical (unpaired) electrons. The Labute approximate surface area is 76.5 Å². The van der Waals surface area contributed by atoms with Crippen molar-refractivity contribution < 1.29 is 9.59 Å². The summed E-state index contributed by atoms with van der Waals surface area (Å²) < 4.78 is 0. The molecule has 2 amide bonds. The second-order valence-electron chi connectivity index (χ2n) is 2.87. The number of allylic oxidation sites excluding steroid dienone is 1. The van der Waals surface area contributed by atoms with E-state index in [4.69, 9.17) is 5.73 Å². The highest BCUT2D eigenvalue weighted by atomic mass is 16.2. The van der Waals surface area contributed by atoms with Crippen molar-refractivity contribution in [3.05, 3.63) is 24.4 Å². The summed E-state index contributed by atoms with van der Waals surface area (Å²) in [6.45, 7) is 3.55. The predicted molar refractivity (Wildman–Crippen MR) is 48.3 cm³/mol. The van der Waals surface area contributed by atoms with Crippen LogP contribution < -0.4 is 11.1 Å². The minimum atomic E-state index is -0.319. The lowest BCUT2D eigenvalue weighted by molar-refractivity contribution is -0.135. The van der Waals surface area contributed by atoms with E-state index in [2.05, 4.69) is 11.9 Å². The molecule has 0 aromatic rings. The van der Waals surface area contributed by atoms with Crippen LogP contribution in [0.5, 0.6) is 0 Å². The topological polar surface area (TPSA) is 72.2 Å². The minimum Gasteiger partial charge on any atom is -0.404 e. The first-order valence-corrected chi connectivity index (χ1v) is 4.07. The molecule has 4 nitrogen and oxygen atoms in total. The highest BCUT2D eigenvalue weighted by Gasteiger charge is 2.27. The predicted octanol–water partition coefficient (Wildman–Crippen LogP) is 0.0678. The van der Waals surface area contributed by atoms with Gasteiger partial charge in [-0.25, -0.2) is 0 Å². The van der Waals surface area contributed by atoms with Gasteiger partial charge in [0.25, 0.3) is 0 Å². The monoisotopic (exact) mass is 180 g/mol. The average Bonchev–Trinajstić information content (AvgIpc) is 2.10. The van der Waals surface area contributed by atoms with Crippen LogP contribution in [0.15, 0.2) is 24.4 Å². The molecule has 1 saturated heterocycles. The standard InChI is InChI=1S/C9H12N2O2/c1-2-6(5-10)7-3-4-8(12)11-9(7)13/h2,5,7H,1,3-4,10H2,(H,11,12,13)/b6-5+. The molecule has 0 aliphatic carbocycles. The van der Waals surface area contributed by atoms with Gasteiger partial charge in [0.15, 0.2) is 0 Å². The minimum absolute atomic E-state index is 0.221. The summed E-state index contributed by atoms with van der Waals surface area (Å²) in [6.07, 6.45) is 3.77. The van der Waals surface area contributed by atoms with Gasteiger partial charge < -0.3 is 5.73 Å². The van der Waals surface area contributed by atoms with E-state index in [0.717, 1.165) is 0 Å². The number of carbonyl (C=O) groups excluding carboxylic acids is 2. The van der Waals surface area contributed by atoms with E-state index in [1.54, 1.807) is 6.08 Å². The summed E-state index contributed by atoms with van der Waals surface area (Å²) in [6, 6.07) is 0. The van der Waals surface area contributed by atoms with E-state index in [1.165, 1.54) is 6.20 Å². The Morgan fingerprint density at radius 1 is 1.62 bits per heavy atom. The first-order chi connectivity index (χ1) is 6.19. The molecule has 0 spiro atoms. The molecule has 0 aromatic carbocycles. The van der Waals surface area contributed by atoms with Crippen LogP contribution in [0.3, 0.4) is 0 Å². The van der Waals surface area contributed by atoms with Gasteiger partial charge >= 0.3 is 0 Å². The van der Waals surface area contributed by atoms with Gasteiger partial charge in [0.2, 0.25) is 11.8 Å². The first kappa shape index (κ1) is 9.51. The molecule has 3 N–H and O–H groups in total. The molecule has 1 unspecified atom stereocenters. The molecule has 1 fully saturated rings. The van der Waals surface area contributed by atoms with Crippen LogP contribution in [0.4, 0.5) is 0 Å². The SMILES string of the molecule is C=C/C(=C\N)C1CCC(=O)NC1=O. The fourth-order valence-corrected chi connectivity index (χ4v) is 1.34. The zero-order chi connectivity index (χ0) is 9.84. The first-order valence-electron chi connectivity index (χ1n) is 4.07. The number of amides is 2. The summed E-state index contributed by atoms with van der Waals surface area (Å²) >= 11 is 0. The normalized spacial score (nSPS) is 24.0. The Balaban J connectivity index is 2.76. The molecule has 0 bridgehead atoms. The Morgan fingerprint density at radius 3 is 2.77 bits per heavy atom. The maximum atomic E-state index is 11.3. The van der Waals surface area contributed by atoms with E-state index < -0.39 is 0 Å². The average molecular weight is 180 g/mol. The Bertz CT molecular complexity index is 281. The Morgan fingerprint density at radius 2 is 2.31 bits per heavy atom. The zero-order valence-corrected chi connectivity index (χ0v) is 7.25. The number of piperidine rings is 1. The summed E-state index contributed by atoms with van der Waals surface area (Å²) in [5.41, 5.74) is 5.98. The van der Waals surface area contributed by atoms with Crippen molar-refractivity contribution >= 4 is 11.8 Å². The highest BCUT2D eigenvalue weighted by molar-refractivity contribution is 6.00. The van der Waals surface area contributed by atoms with Crippen LogP contribution in [-0.4, -0.2) is 11.8 Å². The third-order valence-electron chi connectivity index (χ3n) is 2.07. The molecule has 4 heteroatoms. The van der Waals surface area contributed by atoms with Gasteiger partial charge in [0, 0.05) is 6.42 Å².